The fourth-order valence-electron chi connectivity index (χ4n) is 3.80. The summed E-state index contributed by atoms with van der Waals surface area (Å²) in [6.07, 6.45) is 0.859. The number of carbonyl (C=O) groups is 1. The fraction of sp³-hybridized carbons (Fsp3) is 0.200. The molecule has 1 heterocycles. The van der Waals surface area contributed by atoms with E-state index in [0.717, 1.165) is 40.4 Å². The highest BCUT2D eigenvalue weighted by atomic mass is 79.9. The Labute approximate surface area is 210 Å². The number of hydrogen-bond acceptors (Lipinski definition) is 3. The summed E-state index contributed by atoms with van der Waals surface area (Å²) in [6.45, 7) is 1.61. The summed E-state index contributed by atoms with van der Waals surface area (Å²) in [4.78, 5) is 14.2. The summed E-state index contributed by atoms with van der Waals surface area (Å²) in [7, 11) is 2.09. The van der Waals surface area contributed by atoms with Gasteiger partial charge in [0.05, 0.1) is 34.5 Å². The van der Waals surface area contributed by atoms with Crippen LogP contribution in [0.5, 0.6) is 0 Å². The lowest BCUT2D eigenvalue weighted by atomic mass is 10.1. The van der Waals surface area contributed by atoms with Crippen LogP contribution in [0.3, 0.4) is 0 Å². The lowest BCUT2D eigenvalue weighted by Crippen LogP contribution is -2.28. The Morgan fingerprint density at radius 1 is 1.03 bits per heavy atom. The zero-order chi connectivity index (χ0) is 23.4. The smallest absolute Gasteiger partial charge is 0.203 e. The number of aromatic nitrogens is 2. The average Bonchev–Trinajstić information content (AvgIpc) is 3.07. The van der Waals surface area contributed by atoms with Gasteiger partial charge in [-0.2, -0.15) is 0 Å². The second-order valence-electron chi connectivity index (χ2n) is 7.77. The number of Topliss-reactive ketones (excluding diaryl/α,β-unsaturated/α-hetero) is 1. The second-order valence-corrected chi connectivity index (χ2v) is 10.5. The number of thiol groups is 1. The number of aryl methyl sites for hydroxylation is 1. The lowest BCUT2D eigenvalue weighted by Gasteiger charge is -2.09. The minimum atomic E-state index is -0.0404. The molecule has 1 aromatic heterocycles. The normalized spacial score (nSPS) is 11.4. The van der Waals surface area contributed by atoms with Crippen LogP contribution in [0.25, 0.3) is 11.0 Å². The number of halogens is 2. The highest BCUT2D eigenvalue weighted by Gasteiger charge is 2.17. The molecule has 3 aromatic carbocycles. The van der Waals surface area contributed by atoms with Crippen LogP contribution in [0, 0.1) is 5.41 Å². The van der Waals surface area contributed by atoms with Crippen LogP contribution in [0.2, 0.25) is 5.02 Å². The Morgan fingerprint density at radius 3 is 2.48 bits per heavy atom. The maximum absolute atomic E-state index is 12.9. The molecule has 4 rings (SSSR count). The van der Waals surface area contributed by atoms with Crippen molar-refractivity contribution in [2.24, 2.45) is 0 Å². The van der Waals surface area contributed by atoms with Gasteiger partial charge in [-0.05, 0) is 42.8 Å². The van der Waals surface area contributed by atoms with E-state index >= 15 is 0 Å². The minimum absolute atomic E-state index is 0.0404. The number of nitrogens with one attached hydrogen (secondary N) is 1. The zero-order valence-corrected chi connectivity index (χ0v) is 21.4. The summed E-state index contributed by atoms with van der Waals surface area (Å²) >= 11 is 11.1. The molecule has 170 valence electrons. The molecule has 0 bridgehead atoms. The van der Waals surface area contributed by atoms with Crippen molar-refractivity contribution in [1.29, 1.82) is 5.41 Å². The minimum Gasteiger partial charge on any atom is -0.309 e. The molecule has 8 heteroatoms. The van der Waals surface area contributed by atoms with Crippen molar-refractivity contribution in [3.05, 3.63) is 93.5 Å². The van der Waals surface area contributed by atoms with E-state index in [0.29, 0.717) is 17.1 Å². The number of para-hydroxylation sites is 1. The molecule has 5 nitrogen and oxygen atoms in total. The summed E-state index contributed by atoms with van der Waals surface area (Å²) in [6, 6.07) is 23.3. The summed E-state index contributed by atoms with van der Waals surface area (Å²) in [5, 5.41) is 9.41. The lowest BCUT2D eigenvalue weighted by molar-refractivity contribution is 0.0971. The van der Waals surface area contributed by atoms with Gasteiger partial charge in [0.2, 0.25) is 5.62 Å². The van der Waals surface area contributed by atoms with E-state index in [1.807, 2.05) is 53.1 Å². The predicted molar refractivity (Wildman–Crippen MR) is 140 cm³/mol. The van der Waals surface area contributed by atoms with E-state index < -0.39 is 0 Å². The first-order valence-electron chi connectivity index (χ1n) is 10.6. The Morgan fingerprint density at radius 2 is 1.76 bits per heavy atom. The molecule has 0 aliphatic carbocycles. The Balaban J connectivity index is 1.53. The first-order valence-corrected chi connectivity index (χ1v) is 12.6. The van der Waals surface area contributed by atoms with Crippen LogP contribution in [-0.2, 0) is 25.0 Å². The third-order valence-electron chi connectivity index (χ3n) is 5.41. The molecular weight excluding hydrogens is 520 g/mol. The van der Waals surface area contributed by atoms with Crippen LogP contribution < -0.4 is 5.62 Å². The number of rotatable bonds is 9. The second kappa shape index (κ2) is 10.7. The van der Waals surface area contributed by atoms with E-state index in [9.17, 15) is 4.79 Å². The molecule has 0 saturated carbocycles. The predicted octanol–water partition coefficient (Wildman–Crippen LogP) is 5.33. The van der Waals surface area contributed by atoms with E-state index in [1.54, 1.807) is 16.7 Å². The van der Waals surface area contributed by atoms with Crippen LogP contribution in [0.4, 0.5) is 0 Å². The number of fused-ring (bicyclic) bond motifs is 1. The molecular formula is C25H25BrClN4OS+. The van der Waals surface area contributed by atoms with Crippen LogP contribution in [0.1, 0.15) is 16.8 Å². The Bertz CT molecular complexity index is 1320. The number of imidazole rings is 1. The van der Waals surface area contributed by atoms with Crippen LogP contribution in [-0.4, -0.2) is 32.8 Å². The largest absolute Gasteiger partial charge is 0.309 e. The van der Waals surface area contributed by atoms with Gasteiger partial charge < -0.3 is 9.13 Å². The molecule has 0 radical (unpaired) electrons. The maximum atomic E-state index is 12.9. The van der Waals surface area contributed by atoms with Crippen molar-refractivity contribution in [2.75, 3.05) is 13.6 Å². The molecule has 0 atom stereocenters. The van der Waals surface area contributed by atoms with Crippen molar-refractivity contribution in [3.8, 4) is 0 Å². The number of benzene rings is 3. The van der Waals surface area contributed by atoms with E-state index in [2.05, 4.69) is 39.4 Å². The Hall–Kier alpha value is -2.32. The maximum Gasteiger partial charge on any atom is 0.203 e. The van der Waals surface area contributed by atoms with Gasteiger partial charge in [-0.25, -0.2) is 0 Å². The zero-order valence-electron chi connectivity index (χ0n) is 18.2. The van der Waals surface area contributed by atoms with Gasteiger partial charge >= 0.3 is 0 Å². The molecule has 0 spiro atoms. The number of ketones is 1. The molecule has 0 unspecified atom stereocenters. The van der Waals surface area contributed by atoms with Gasteiger partial charge in [0.1, 0.15) is 0 Å². The molecule has 0 saturated heterocycles. The van der Waals surface area contributed by atoms with Gasteiger partial charge in [-0.15, -0.1) is 4.31 Å². The Kier molecular flexibility index (Phi) is 7.75. The van der Waals surface area contributed by atoms with Gasteiger partial charge in [0, 0.05) is 30.2 Å². The van der Waals surface area contributed by atoms with Crippen molar-refractivity contribution in [2.45, 2.75) is 24.4 Å². The number of carbonyl (C=O) groups excluding carboxylic acids is 1. The fourth-order valence-corrected chi connectivity index (χ4v) is 5.28. The first-order chi connectivity index (χ1) is 15.9. The molecule has 0 fully saturated rings. The van der Waals surface area contributed by atoms with Gasteiger partial charge in [0.25, 0.3) is 0 Å². The van der Waals surface area contributed by atoms with E-state index in [-0.39, 0.29) is 17.9 Å². The van der Waals surface area contributed by atoms with E-state index in [4.69, 9.17) is 17.0 Å². The molecule has 33 heavy (non-hydrogen) atoms. The van der Waals surface area contributed by atoms with E-state index in [1.165, 1.54) is 4.90 Å². The summed E-state index contributed by atoms with van der Waals surface area (Å²) in [5.41, 5.74) is 2.51. The summed E-state index contributed by atoms with van der Waals surface area (Å²) in [5.74, 6) is -0.0404. The number of nitrogens with zero attached hydrogens (tertiary/aromatic N) is 3. The SMILES string of the molecule is CN(CCCn1c(=N)n(CC(=O)c2ccc(Br)cc2)c2cccc(Cl)c21)[SH+]c1ccccc1. The van der Waals surface area contributed by atoms with Crippen molar-refractivity contribution in [3.63, 3.8) is 0 Å². The quantitative estimate of drug-likeness (QED) is 0.176. The first kappa shape index (κ1) is 23.8. The monoisotopic (exact) mass is 543 g/mol. The van der Waals surface area contributed by atoms with Crippen molar-refractivity contribution in [1.82, 2.24) is 13.4 Å². The molecule has 0 amide bonds. The molecule has 4 aromatic rings. The highest BCUT2D eigenvalue weighted by Crippen LogP contribution is 2.23. The highest BCUT2D eigenvalue weighted by molar-refractivity contribution is 9.10. The molecule has 0 aliphatic heterocycles. The van der Waals surface area contributed by atoms with Crippen molar-refractivity contribution >= 4 is 56.3 Å². The van der Waals surface area contributed by atoms with Crippen LogP contribution in [0.15, 0.2) is 82.2 Å². The average molecular weight is 545 g/mol. The van der Waals surface area contributed by atoms with Gasteiger partial charge in [-0.1, -0.05) is 63.9 Å². The standard InChI is InChI=1S/C25H24BrClN4OS/c1-29(33-20-7-3-2-4-8-20)15-6-16-30-24-21(27)9-5-10-22(24)31(25(30)28)17-23(32)18-11-13-19(26)14-12-18/h2-5,7-14,28H,6,15-17H2,1H3/p+1. The summed E-state index contributed by atoms with van der Waals surface area (Å²) < 4.78 is 6.84. The third kappa shape index (κ3) is 5.61. The van der Waals surface area contributed by atoms with Crippen LogP contribution >= 0.6 is 27.5 Å². The number of hydrogen-bond donors (Lipinski definition) is 1. The third-order valence-corrected chi connectivity index (χ3v) is 7.32. The molecule has 0 aliphatic rings. The topological polar surface area (TPSA) is 54.0 Å². The molecule has 1 N–H and O–H groups in total. The van der Waals surface area contributed by atoms with Crippen molar-refractivity contribution < 1.29 is 4.79 Å². The van der Waals surface area contributed by atoms with Gasteiger partial charge in [0.15, 0.2) is 10.7 Å². The van der Waals surface area contributed by atoms with Gasteiger partial charge in [-0.3, -0.25) is 10.2 Å².